The summed E-state index contributed by atoms with van der Waals surface area (Å²) in [6, 6.07) is 0. The van der Waals surface area contributed by atoms with Crippen molar-refractivity contribution in [3.05, 3.63) is 12.2 Å². The van der Waals surface area contributed by atoms with E-state index in [2.05, 4.69) is 0 Å². The van der Waals surface area contributed by atoms with Crippen molar-refractivity contribution in [2.24, 2.45) is 17.8 Å². The van der Waals surface area contributed by atoms with E-state index in [9.17, 15) is 71.2 Å². The van der Waals surface area contributed by atoms with E-state index in [4.69, 9.17) is 42.6 Å². The number of hydrogen-bond donors (Lipinski definition) is 13. The van der Waals surface area contributed by atoms with Crippen molar-refractivity contribution in [3.63, 3.8) is 0 Å². The molecule has 3 saturated carbocycles. The summed E-state index contributed by atoms with van der Waals surface area (Å²) >= 11 is 0. The topological polar surface area (TPSA) is 363 Å². The van der Waals surface area contributed by atoms with Gasteiger partial charge in [-0.25, -0.2) is 4.79 Å². The summed E-state index contributed by atoms with van der Waals surface area (Å²) < 4.78 is 53.7. The van der Waals surface area contributed by atoms with Gasteiger partial charge in [0.05, 0.1) is 68.1 Å². The Hall–Kier alpha value is -1.63. The number of carbonyl (C=O) groups is 1. The summed E-state index contributed by atoms with van der Waals surface area (Å²) in [6.07, 6.45) is -25.8. The third-order valence-electron chi connectivity index (χ3n) is 14.3. The van der Waals surface area contributed by atoms with Crippen LogP contribution in [0.15, 0.2) is 12.2 Å². The van der Waals surface area contributed by atoms with Crippen LogP contribution >= 0.6 is 0 Å². The third kappa shape index (κ3) is 11.7. The molecule has 4 heterocycles. The first kappa shape index (κ1) is 51.2. The number of hydrogen-bond acceptors (Lipinski definition) is 23. The van der Waals surface area contributed by atoms with Crippen LogP contribution in [0.1, 0.15) is 57.8 Å². The monoisotopic (exact) mass is 940 g/mol. The Kier molecular flexibility index (Phi) is 17.7. The zero-order valence-corrected chi connectivity index (χ0v) is 36.0. The van der Waals surface area contributed by atoms with Gasteiger partial charge in [-0.1, -0.05) is 6.08 Å². The number of aliphatic hydroxyl groups is 13. The molecule has 3 aliphatic carbocycles. The lowest BCUT2D eigenvalue weighted by molar-refractivity contribution is -0.373. The van der Waals surface area contributed by atoms with E-state index in [0.717, 1.165) is 0 Å². The summed E-state index contributed by atoms with van der Waals surface area (Å²) in [5, 5.41) is 138. The van der Waals surface area contributed by atoms with Gasteiger partial charge in [0.2, 0.25) is 0 Å². The Morgan fingerprint density at radius 2 is 1.29 bits per heavy atom. The Morgan fingerprint density at radius 3 is 2.02 bits per heavy atom. The van der Waals surface area contributed by atoms with E-state index in [0.29, 0.717) is 25.7 Å². The molecule has 0 aromatic heterocycles. The quantitative estimate of drug-likeness (QED) is 0.0605. The lowest BCUT2D eigenvalue weighted by Gasteiger charge is -2.53. The van der Waals surface area contributed by atoms with E-state index in [1.54, 1.807) is 6.08 Å². The van der Waals surface area contributed by atoms with E-state index >= 15 is 0 Å². The van der Waals surface area contributed by atoms with Gasteiger partial charge in [-0.15, -0.1) is 0 Å². The molecule has 374 valence electrons. The molecule has 65 heavy (non-hydrogen) atoms. The van der Waals surface area contributed by atoms with Crippen molar-refractivity contribution in [3.8, 4) is 0 Å². The molecular weight excluding hydrogens is 872 g/mol. The summed E-state index contributed by atoms with van der Waals surface area (Å²) in [5.41, 5.74) is 0. The fourth-order valence-corrected chi connectivity index (χ4v) is 10.4. The highest BCUT2D eigenvalue weighted by molar-refractivity contribution is 5.81. The molecule has 0 radical (unpaired) electrons. The summed E-state index contributed by atoms with van der Waals surface area (Å²) in [5.74, 6) is -2.00. The number of allylic oxidation sites excluding steroid dienone is 1. The van der Waals surface area contributed by atoms with Gasteiger partial charge in [-0.3, -0.25) is 0 Å². The first-order chi connectivity index (χ1) is 31.0. The van der Waals surface area contributed by atoms with Gasteiger partial charge in [0.15, 0.2) is 18.9 Å². The number of ether oxygens (including phenoxy) is 9. The summed E-state index contributed by atoms with van der Waals surface area (Å²) in [7, 11) is 1.49. The smallest absolute Gasteiger partial charge is 0.330 e. The largest absolute Gasteiger partial charge is 0.460 e. The van der Waals surface area contributed by atoms with Crippen molar-refractivity contribution in [1.82, 2.24) is 0 Å². The molecule has 0 amide bonds. The number of methoxy groups -OCH3 is 1. The summed E-state index contributed by atoms with van der Waals surface area (Å²) in [4.78, 5) is 13.0. The zero-order valence-electron chi connectivity index (χ0n) is 36.0. The second-order valence-electron chi connectivity index (χ2n) is 18.7. The van der Waals surface area contributed by atoms with Gasteiger partial charge in [0.25, 0.3) is 0 Å². The van der Waals surface area contributed by atoms with Crippen molar-refractivity contribution in [2.75, 3.05) is 26.9 Å². The van der Waals surface area contributed by atoms with Crippen molar-refractivity contribution < 1.29 is 114 Å². The van der Waals surface area contributed by atoms with Crippen molar-refractivity contribution >= 4 is 5.97 Å². The van der Waals surface area contributed by atoms with Crippen LogP contribution in [0.3, 0.4) is 0 Å². The maximum absolute atomic E-state index is 13.0. The number of esters is 1. The molecule has 7 aliphatic rings. The second-order valence-corrected chi connectivity index (χ2v) is 18.7. The molecule has 0 spiro atoms. The molecule has 13 N–H and O–H groups in total. The third-order valence-corrected chi connectivity index (χ3v) is 14.3. The first-order valence-electron chi connectivity index (χ1n) is 22.7. The molecule has 4 saturated heterocycles. The summed E-state index contributed by atoms with van der Waals surface area (Å²) in [6.45, 7) is -1.78. The molecule has 0 aromatic carbocycles. The van der Waals surface area contributed by atoms with Crippen molar-refractivity contribution in [2.45, 2.75) is 199 Å². The molecule has 23 heteroatoms. The molecule has 7 fully saturated rings. The molecule has 0 bridgehead atoms. The highest BCUT2D eigenvalue weighted by Crippen LogP contribution is 2.45. The van der Waals surface area contributed by atoms with E-state index in [1.165, 1.54) is 13.2 Å². The number of aliphatic hydroxyl groups excluding tert-OH is 13. The standard InChI is InChI=1S/C42H68O23/c1-57-26-8-16(2-5-21(26)46)3-7-30(49)58-15-29-33(52)35(54)39(65-40-36(55)31(50)23(48)14-59-40)42(64-29)62-27-12-19-24(60-38(27)17-4-6-20(45)22(47)9-17)10-18(44)11-25(19)61-41-37(56)34(53)32(51)28(13-43)63-41/h3,7,16-29,31-48,50-56H,2,4-6,8-15H2,1H3. The zero-order chi connectivity index (χ0) is 46.9. The average Bonchev–Trinajstić information content (AvgIpc) is 3.28. The second kappa shape index (κ2) is 22.4. The molecule has 0 aromatic rings. The van der Waals surface area contributed by atoms with Crippen LogP contribution in [0.5, 0.6) is 0 Å². The first-order valence-corrected chi connectivity index (χ1v) is 22.7. The van der Waals surface area contributed by atoms with Crippen LogP contribution < -0.4 is 0 Å². The SMILES string of the molecule is COC1CC(C=CC(=O)OCC2OC(OC3CC4C(OC5OC(CO)C(O)C(O)C5O)CC(O)CC4OC3C3CCC(O)C(O)C3)C(OC3OCC(O)C(O)C3O)C(O)C2O)CCC1O. The Bertz CT molecular complexity index is 1540. The van der Waals surface area contributed by atoms with E-state index in [-0.39, 0.29) is 38.0 Å². The van der Waals surface area contributed by atoms with Crippen LogP contribution in [0.4, 0.5) is 0 Å². The maximum atomic E-state index is 13.0. The normalized spacial score (nSPS) is 51.0. The fraction of sp³-hybridized carbons (Fsp3) is 0.929. The number of rotatable bonds is 13. The molecule has 26 atom stereocenters. The van der Waals surface area contributed by atoms with Gasteiger partial charge in [-0.2, -0.15) is 0 Å². The average molecular weight is 941 g/mol. The number of carbonyl (C=O) groups excluding carboxylic acids is 1. The molecule has 23 nitrogen and oxygen atoms in total. The molecular formula is C42H68O23. The highest BCUT2D eigenvalue weighted by atomic mass is 16.8. The Balaban J connectivity index is 1.13. The van der Waals surface area contributed by atoms with E-state index < -0.39 is 179 Å². The number of fused-ring (bicyclic) bond motifs is 1. The minimum absolute atomic E-state index is 0.00945. The maximum Gasteiger partial charge on any atom is 0.330 e. The van der Waals surface area contributed by atoms with Gasteiger partial charge in [-0.05, 0) is 63.2 Å². The van der Waals surface area contributed by atoms with Crippen LogP contribution in [0.25, 0.3) is 0 Å². The van der Waals surface area contributed by atoms with Crippen LogP contribution in [0, 0.1) is 17.8 Å². The van der Waals surface area contributed by atoms with Gasteiger partial charge in [0.1, 0.15) is 73.8 Å². The lowest BCUT2D eigenvalue weighted by atomic mass is 9.72. The molecule has 4 aliphatic heterocycles. The van der Waals surface area contributed by atoms with Gasteiger partial charge < -0.3 is 109 Å². The molecule has 7 rings (SSSR count). The fourth-order valence-electron chi connectivity index (χ4n) is 10.4. The Labute approximate surface area is 374 Å². The van der Waals surface area contributed by atoms with Gasteiger partial charge >= 0.3 is 5.97 Å². The molecule has 26 unspecified atom stereocenters. The van der Waals surface area contributed by atoms with E-state index in [1.807, 2.05) is 0 Å². The lowest BCUT2D eigenvalue weighted by Crippen LogP contribution is -2.65. The minimum atomic E-state index is -1.89. The van der Waals surface area contributed by atoms with Gasteiger partial charge in [0, 0.05) is 25.5 Å². The predicted octanol–water partition coefficient (Wildman–Crippen LogP) is -5.45. The van der Waals surface area contributed by atoms with Crippen molar-refractivity contribution in [1.29, 1.82) is 0 Å². The van der Waals surface area contributed by atoms with Crippen LogP contribution in [-0.2, 0) is 47.4 Å². The minimum Gasteiger partial charge on any atom is -0.460 e. The van der Waals surface area contributed by atoms with Crippen LogP contribution in [0.2, 0.25) is 0 Å². The Morgan fingerprint density at radius 1 is 0.600 bits per heavy atom. The highest BCUT2D eigenvalue weighted by Gasteiger charge is 2.55. The van der Waals surface area contributed by atoms with Crippen LogP contribution in [-0.4, -0.2) is 240 Å². The predicted molar refractivity (Wildman–Crippen MR) is 212 cm³/mol.